The molecule has 78 valence electrons. The quantitative estimate of drug-likeness (QED) is 0.581. The minimum absolute atomic E-state index is 0.217. The molecule has 0 aromatic rings. The van der Waals surface area contributed by atoms with E-state index in [1.165, 1.54) is 0 Å². The molecule has 1 aliphatic heterocycles. The summed E-state index contributed by atoms with van der Waals surface area (Å²) in [5.41, 5.74) is 0. The fourth-order valence-corrected chi connectivity index (χ4v) is 1.87. The first kappa shape index (κ1) is 10.9. The van der Waals surface area contributed by atoms with E-state index >= 15 is 0 Å². The number of likely N-dealkylation sites (N-methyl/N-ethyl adjacent to an activating group) is 1. The molecule has 4 heteroatoms. The third-order valence-corrected chi connectivity index (χ3v) is 2.69. The molecule has 0 spiro atoms. The second-order valence-electron chi connectivity index (χ2n) is 3.98. The summed E-state index contributed by atoms with van der Waals surface area (Å²) in [5, 5.41) is 19.5. The Hall–Kier alpha value is -0.160. The molecule has 13 heavy (non-hydrogen) atoms. The molecule has 0 saturated carbocycles. The number of hydrogen-bond donors (Lipinski definition) is 2. The second-order valence-corrected chi connectivity index (χ2v) is 3.98. The van der Waals surface area contributed by atoms with E-state index in [0.29, 0.717) is 0 Å². The van der Waals surface area contributed by atoms with Crippen LogP contribution in [0.25, 0.3) is 0 Å². The van der Waals surface area contributed by atoms with Crippen LogP contribution in [0.1, 0.15) is 13.8 Å². The minimum Gasteiger partial charge on any atom is -0.389 e. The maximum atomic E-state index is 9.77. The Morgan fingerprint density at radius 3 is 1.69 bits per heavy atom. The Labute approximate surface area is 79.1 Å². The van der Waals surface area contributed by atoms with Crippen LogP contribution in [-0.4, -0.2) is 59.7 Å². The van der Waals surface area contributed by atoms with Crippen molar-refractivity contribution in [3.63, 3.8) is 0 Å². The van der Waals surface area contributed by atoms with Crippen LogP contribution < -0.4 is 0 Å². The topological polar surface area (TPSA) is 52.9 Å². The maximum Gasteiger partial charge on any atom is 0.0979 e. The van der Waals surface area contributed by atoms with E-state index in [-0.39, 0.29) is 18.2 Å². The Kier molecular flexibility index (Phi) is 3.29. The Morgan fingerprint density at radius 2 is 1.38 bits per heavy atom. The first-order chi connectivity index (χ1) is 5.95. The molecule has 4 unspecified atom stereocenters. The zero-order valence-electron chi connectivity index (χ0n) is 8.64. The summed E-state index contributed by atoms with van der Waals surface area (Å²) in [6, 6.07) is -0.237. The maximum absolute atomic E-state index is 9.77. The van der Waals surface area contributed by atoms with Gasteiger partial charge in [0.1, 0.15) is 0 Å². The molecule has 1 rings (SSSR count). The molecule has 4 nitrogen and oxygen atoms in total. The van der Waals surface area contributed by atoms with Gasteiger partial charge in [-0.15, -0.1) is 0 Å². The van der Waals surface area contributed by atoms with Crippen LogP contribution in [0.15, 0.2) is 0 Å². The lowest BCUT2D eigenvalue weighted by molar-refractivity contribution is -0.189. The number of nitrogens with zero attached hydrogens (tertiary/aromatic N) is 1. The van der Waals surface area contributed by atoms with Gasteiger partial charge in [0.2, 0.25) is 0 Å². The molecule has 1 fully saturated rings. The van der Waals surface area contributed by atoms with Crippen molar-refractivity contribution in [2.45, 2.75) is 44.3 Å². The van der Waals surface area contributed by atoms with Crippen LogP contribution in [0.3, 0.4) is 0 Å². The third-order valence-electron chi connectivity index (χ3n) is 2.69. The van der Waals surface area contributed by atoms with Crippen molar-refractivity contribution in [2.75, 3.05) is 14.1 Å². The highest BCUT2D eigenvalue weighted by molar-refractivity contribution is 4.93. The van der Waals surface area contributed by atoms with E-state index in [1.807, 2.05) is 32.8 Å². The van der Waals surface area contributed by atoms with Gasteiger partial charge in [0.15, 0.2) is 0 Å². The summed E-state index contributed by atoms with van der Waals surface area (Å²) in [5.74, 6) is 0. The highest BCUT2D eigenvalue weighted by atomic mass is 16.5. The van der Waals surface area contributed by atoms with Crippen LogP contribution in [0, 0.1) is 0 Å². The first-order valence-corrected chi connectivity index (χ1v) is 4.63. The lowest BCUT2D eigenvalue weighted by Crippen LogP contribution is -2.60. The third kappa shape index (κ3) is 2.02. The predicted octanol–water partition coefficient (Wildman–Crippen LogP) is -0.554. The standard InChI is InChI=1S/C9H19NO3/c1-5-8(11)7(10(3)4)9(12)6(2)13-5/h5-9,11-12H,1-4H3. The zero-order valence-corrected chi connectivity index (χ0v) is 8.64. The summed E-state index contributed by atoms with van der Waals surface area (Å²) >= 11 is 0. The summed E-state index contributed by atoms with van der Waals surface area (Å²) in [7, 11) is 3.70. The summed E-state index contributed by atoms with van der Waals surface area (Å²) in [6.07, 6.45) is -1.68. The molecular formula is C9H19NO3. The Morgan fingerprint density at radius 1 is 1.00 bits per heavy atom. The summed E-state index contributed by atoms with van der Waals surface area (Å²) in [4.78, 5) is 1.84. The van der Waals surface area contributed by atoms with Gasteiger partial charge in [-0.3, -0.25) is 0 Å². The summed E-state index contributed by atoms with van der Waals surface area (Å²) in [6.45, 7) is 3.65. The molecule has 0 radical (unpaired) electrons. The average Bonchev–Trinajstić information content (AvgIpc) is 2.01. The molecule has 4 atom stereocenters. The average molecular weight is 189 g/mol. The number of hydrogen-bond acceptors (Lipinski definition) is 4. The molecule has 0 aromatic carbocycles. The van der Waals surface area contributed by atoms with E-state index < -0.39 is 12.2 Å². The highest BCUT2D eigenvalue weighted by Gasteiger charge is 2.41. The van der Waals surface area contributed by atoms with Gasteiger partial charge in [0, 0.05) is 0 Å². The van der Waals surface area contributed by atoms with E-state index in [4.69, 9.17) is 4.74 Å². The molecular weight excluding hydrogens is 170 g/mol. The van der Waals surface area contributed by atoms with Crippen molar-refractivity contribution >= 4 is 0 Å². The van der Waals surface area contributed by atoms with Gasteiger partial charge in [0.05, 0.1) is 30.5 Å². The van der Waals surface area contributed by atoms with Gasteiger partial charge in [-0.2, -0.15) is 0 Å². The van der Waals surface area contributed by atoms with Gasteiger partial charge in [-0.1, -0.05) is 0 Å². The fraction of sp³-hybridized carbons (Fsp3) is 1.00. The molecule has 2 N–H and O–H groups in total. The first-order valence-electron chi connectivity index (χ1n) is 4.63. The Bertz CT molecular complexity index is 160. The van der Waals surface area contributed by atoms with Crippen molar-refractivity contribution in [3.8, 4) is 0 Å². The lowest BCUT2D eigenvalue weighted by Gasteiger charge is -2.43. The highest BCUT2D eigenvalue weighted by Crippen LogP contribution is 2.23. The molecule has 0 aromatic heterocycles. The largest absolute Gasteiger partial charge is 0.389 e. The fourth-order valence-electron chi connectivity index (χ4n) is 1.87. The second kappa shape index (κ2) is 3.92. The molecule has 0 bridgehead atoms. The van der Waals surface area contributed by atoms with Crippen molar-refractivity contribution in [2.24, 2.45) is 0 Å². The molecule has 0 amide bonds. The van der Waals surface area contributed by atoms with Crippen LogP contribution in [0.2, 0.25) is 0 Å². The number of aliphatic hydroxyl groups is 2. The van der Waals surface area contributed by atoms with Crippen molar-refractivity contribution < 1.29 is 14.9 Å². The van der Waals surface area contributed by atoms with Crippen LogP contribution in [0.5, 0.6) is 0 Å². The SMILES string of the molecule is CC1OC(C)C(O)C(N(C)C)C1O. The van der Waals surface area contributed by atoms with Gasteiger partial charge < -0.3 is 19.8 Å². The number of ether oxygens (including phenoxy) is 1. The summed E-state index contributed by atoms with van der Waals surface area (Å²) < 4.78 is 5.36. The predicted molar refractivity (Wildman–Crippen MR) is 49.5 cm³/mol. The molecule has 1 aliphatic rings. The van der Waals surface area contributed by atoms with Crippen molar-refractivity contribution in [1.29, 1.82) is 0 Å². The normalized spacial score (nSPS) is 46.8. The van der Waals surface area contributed by atoms with Crippen LogP contribution in [0.4, 0.5) is 0 Å². The number of rotatable bonds is 1. The van der Waals surface area contributed by atoms with Crippen molar-refractivity contribution in [3.05, 3.63) is 0 Å². The van der Waals surface area contributed by atoms with Crippen molar-refractivity contribution in [1.82, 2.24) is 4.90 Å². The van der Waals surface area contributed by atoms with E-state index in [1.54, 1.807) is 0 Å². The van der Waals surface area contributed by atoms with Gasteiger partial charge in [0.25, 0.3) is 0 Å². The van der Waals surface area contributed by atoms with Gasteiger partial charge >= 0.3 is 0 Å². The molecule has 1 saturated heterocycles. The van der Waals surface area contributed by atoms with Crippen LogP contribution >= 0.6 is 0 Å². The smallest absolute Gasteiger partial charge is 0.0979 e. The monoisotopic (exact) mass is 189 g/mol. The van der Waals surface area contributed by atoms with Gasteiger partial charge in [-0.05, 0) is 27.9 Å². The Balaban J connectivity index is 2.76. The zero-order chi connectivity index (χ0) is 10.2. The van der Waals surface area contributed by atoms with Crippen LogP contribution in [-0.2, 0) is 4.74 Å². The lowest BCUT2D eigenvalue weighted by atomic mass is 9.93. The minimum atomic E-state index is -0.624. The van der Waals surface area contributed by atoms with E-state index in [9.17, 15) is 10.2 Å². The molecule has 1 heterocycles. The van der Waals surface area contributed by atoms with E-state index in [2.05, 4.69) is 0 Å². The number of aliphatic hydroxyl groups excluding tert-OH is 2. The molecule has 0 aliphatic carbocycles. The van der Waals surface area contributed by atoms with E-state index in [0.717, 1.165) is 0 Å². The van der Waals surface area contributed by atoms with Gasteiger partial charge in [-0.25, -0.2) is 0 Å².